The molecule has 0 atom stereocenters. The molecule has 6 nitrogen and oxygen atoms in total. The van der Waals surface area contributed by atoms with Crippen molar-refractivity contribution in [3.8, 4) is 5.75 Å². The van der Waals surface area contributed by atoms with E-state index >= 15 is 0 Å². The minimum Gasteiger partial charge on any atom is -0.482 e. The van der Waals surface area contributed by atoms with Gasteiger partial charge in [-0.25, -0.2) is 22.0 Å². The highest BCUT2D eigenvalue weighted by molar-refractivity contribution is 7.92. The van der Waals surface area contributed by atoms with E-state index in [0.29, 0.717) is 5.56 Å². The third-order valence-electron chi connectivity index (χ3n) is 2.98. The largest absolute Gasteiger partial charge is 0.482 e. The molecular weight excluding hydrogens is 344 g/mol. The number of sulfonamides is 1. The molecule has 2 aromatic rings. The van der Waals surface area contributed by atoms with Crippen LogP contribution in [-0.2, 0) is 14.8 Å². The van der Waals surface area contributed by atoms with Crippen molar-refractivity contribution in [2.24, 2.45) is 0 Å². The van der Waals surface area contributed by atoms with Gasteiger partial charge in [0, 0.05) is 6.07 Å². The maximum absolute atomic E-state index is 13.6. The molecule has 0 aliphatic rings. The van der Waals surface area contributed by atoms with Crippen molar-refractivity contribution in [3.63, 3.8) is 0 Å². The summed E-state index contributed by atoms with van der Waals surface area (Å²) in [5, 5.41) is 8.57. The van der Waals surface area contributed by atoms with E-state index in [1.165, 1.54) is 25.1 Å². The lowest BCUT2D eigenvalue weighted by atomic mass is 10.2. The van der Waals surface area contributed by atoms with E-state index in [0.717, 1.165) is 18.2 Å². The lowest BCUT2D eigenvalue weighted by molar-refractivity contribution is -0.139. The van der Waals surface area contributed by atoms with E-state index in [9.17, 15) is 22.0 Å². The third kappa shape index (κ3) is 4.19. The van der Waals surface area contributed by atoms with Crippen LogP contribution in [0.4, 0.5) is 14.5 Å². The Hall–Kier alpha value is -2.68. The second-order valence-corrected chi connectivity index (χ2v) is 6.52. The minimum atomic E-state index is -4.15. The smallest absolute Gasteiger partial charge is 0.341 e. The van der Waals surface area contributed by atoms with Crippen molar-refractivity contribution >= 4 is 21.7 Å². The molecule has 0 heterocycles. The van der Waals surface area contributed by atoms with E-state index in [2.05, 4.69) is 0 Å². The van der Waals surface area contributed by atoms with Crippen molar-refractivity contribution < 1.29 is 31.8 Å². The van der Waals surface area contributed by atoms with Crippen LogP contribution < -0.4 is 9.46 Å². The van der Waals surface area contributed by atoms with Crippen LogP contribution in [0.3, 0.4) is 0 Å². The number of rotatable bonds is 6. The van der Waals surface area contributed by atoms with Gasteiger partial charge in [0.25, 0.3) is 10.0 Å². The standard InChI is InChI=1S/C15H13F2NO5S/c1-9-6-11(3-5-14(9)23-8-15(19)20)24(21,22)18-13-7-10(16)2-4-12(13)17/h2-7,18H,8H2,1H3,(H,19,20). The molecule has 0 aromatic heterocycles. The van der Waals surface area contributed by atoms with Crippen molar-refractivity contribution in [2.75, 3.05) is 11.3 Å². The van der Waals surface area contributed by atoms with Crippen molar-refractivity contribution in [1.82, 2.24) is 0 Å². The average Bonchev–Trinajstić information content (AvgIpc) is 2.49. The monoisotopic (exact) mass is 357 g/mol. The summed E-state index contributed by atoms with van der Waals surface area (Å²) >= 11 is 0. The fourth-order valence-corrected chi connectivity index (χ4v) is 3.01. The van der Waals surface area contributed by atoms with Crippen LogP contribution in [0.5, 0.6) is 5.75 Å². The van der Waals surface area contributed by atoms with E-state index in [-0.39, 0.29) is 10.6 Å². The van der Waals surface area contributed by atoms with Crippen LogP contribution in [0, 0.1) is 18.6 Å². The number of aliphatic carboxylic acids is 1. The SMILES string of the molecule is Cc1cc(S(=O)(=O)Nc2cc(F)ccc2F)ccc1OCC(=O)O. The molecule has 0 bridgehead atoms. The van der Waals surface area contributed by atoms with Crippen LogP contribution in [0.2, 0.25) is 0 Å². The van der Waals surface area contributed by atoms with Crippen molar-refractivity contribution in [3.05, 3.63) is 53.6 Å². The number of anilines is 1. The lowest BCUT2D eigenvalue weighted by Gasteiger charge is -2.12. The molecule has 2 N–H and O–H groups in total. The van der Waals surface area contributed by atoms with Gasteiger partial charge in [-0.1, -0.05) is 0 Å². The zero-order valence-corrected chi connectivity index (χ0v) is 13.2. The number of benzene rings is 2. The average molecular weight is 357 g/mol. The van der Waals surface area contributed by atoms with Crippen molar-refractivity contribution in [1.29, 1.82) is 0 Å². The second kappa shape index (κ2) is 6.83. The molecule has 9 heteroatoms. The Kier molecular flexibility index (Phi) is 5.03. The summed E-state index contributed by atoms with van der Waals surface area (Å²) in [7, 11) is -4.15. The summed E-state index contributed by atoms with van der Waals surface area (Å²) in [6.07, 6.45) is 0. The van der Waals surface area contributed by atoms with Crippen LogP contribution in [0.1, 0.15) is 5.56 Å². The highest BCUT2D eigenvalue weighted by Crippen LogP contribution is 2.24. The van der Waals surface area contributed by atoms with E-state index < -0.39 is 39.9 Å². The lowest BCUT2D eigenvalue weighted by Crippen LogP contribution is -2.15. The molecule has 0 radical (unpaired) electrons. The molecule has 0 unspecified atom stereocenters. The van der Waals surface area contributed by atoms with Gasteiger partial charge in [-0.05, 0) is 42.8 Å². The quantitative estimate of drug-likeness (QED) is 0.829. The van der Waals surface area contributed by atoms with Gasteiger partial charge in [0.1, 0.15) is 17.4 Å². The first-order valence-electron chi connectivity index (χ1n) is 6.62. The normalized spacial score (nSPS) is 11.1. The first-order valence-corrected chi connectivity index (χ1v) is 8.10. The topological polar surface area (TPSA) is 92.7 Å². The summed E-state index contributed by atoms with van der Waals surface area (Å²) in [5.74, 6) is -2.68. The molecule has 0 fully saturated rings. The zero-order chi connectivity index (χ0) is 17.9. The van der Waals surface area contributed by atoms with Crippen LogP contribution in [-0.4, -0.2) is 26.1 Å². The fraction of sp³-hybridized carbons (Fsp3) is 0.133. The first-order chi connectivity index (χ1) is 11.2. The molecule has 0 saturated carbocycles. The van der Waals surface area contributed by atoms with Crippen molar-refractivity contribution in [2.45, 2.75) is 11.8 Å². The molecule has 0 aliphatic heterocycles. The Morgan fingerprint density at radius 1 is 1.21 bits per heavy atom. The number of carboxylic acid groups (broad SMARTS) is 1. The molecule has 0 aliphatic carbocycles. The molecular formula is C15H13F2NO5S. The Bertz CT molecular complexity index is 883. The molecule has 0 spiro atoms. The molecule has 0 amide bonds. The highest BCUT2D eigenvalue weighted by Gasteiger charge is 2.18. The van der Waals surface area contributed by atoms with Crippen LogP contribution in [0.15, 0.2) is 41.3 Å². The number of nitrogens with one attached hydrogen (secondary N) is 1. The number of carboxylic acids is 1. The maximum Gasteiger partial charge on any atom is 0.341 e. The molecule has 2 aromatic carbocycles. The summed E-state index contributed by atoms with van der Waals surface area (Å²) < 4.78 is 58.2. The summed E-state index contributed by atoms with van der Waals surface area (Å²) in [6, 6.07) is 6.09. The number of aryl methyl sites for hydroxylation is 1. The third-order valence-corrected chi connectivity index (χ3v) is 4.34. The van der Waals surface area contributed by atoms with Gasteiger partial charge in [-0.15, -0.1) is 0 Å². The predicted octanol–water partition coefficient (Wildman–Crippen LogP) is 2.54. The van der Waals surface area contributed by atoms with Gasteiger partial charge in [0.15, 0.2) is 6.61 Å². The van der Waals surface area contributed by atoms with E-state index in [1.807, 2.05) is 4.72 Å². The first kappa shape index (κ1) is 17.7. The van der Waals surface area contributed by atoms with E-state index in [1.54, 1.807) is 0 Å². The van der Waals surface area contributed by atoms with Gasteiger partial charge < -0.3 is 9.84 Å². The Morgan fingerprint density at radius 3 is 2.54 bits per heavy atom. The number of hydrogen-bond donors (Lipinski definition) is 2. The zero-order valence-electron chi connectivity index (χ0n) is 12.4. The van der Waals surface area contributed by atoms with Gasteiger partial charge in [-0.3, -0.25) is 4.72 Å². The number of halogens is 2. The Balaban J connectivity index is 2.27. The molecule has 2 rings (SSSR count). The minimum absolute atomic E-state index is 0.202. The Labute approximate surface area is 136 Å². The van der Waals surface area contributed by atoms with Gasteiger partial charge in [-0.2, -0.15) is 0 Å². The molecule has 24 heavy (non-hydrogen) atoms. The number of hydrogen-bond acceptors (Lipinski definition) is 4. The second-order valence-electron chi connectivity index (χ2n) is 4.84. The number of carbonyl (C=O) groups is 1. The van der Waals surface area contributed by atoms with Gasteiger partial charge in [0.05, 0.1) is 10.6 Å². The van der Waals surface area contributed by atoms with E-state index in [4.69, 9.17) is 9.84 Å². The highest BCUT2D eigenvalue weighted by atomic mass is 32.2. The summed E-state index contributed by atoms with van der Waals surface area (Å²) in [4.78, 5) is 10.3. The van der Waals surface area contributed by atoms with Gasteiger partial charge in [0.2, 0.25) is 0 Å². The molecule has 0 saturated heterocycles. The summed E-state index contributed by atoms with van der Waals surface area (Å²) in [5.41, 5.74) is -0.141. The molecule has 128 valence electrons. The Morgan fingerprint density at radius 2 is 1.92 bits per heavy atom. The maximum atomic E-state index is 13.6. The summed E-state index contributed by atoms with van der Waals surface area (Å²) in [6.45, 7) is 0.957. The van der Waals surface area contributed by atoms with Crippen LogP contribution >= 0.6 is 0 Å². The van der Waals surface area contributed by atoms with Gasteiger partial charge >= 0.3 is 5.97 Å². The van der Waals surface area contributed by atoms with Crippen LogP contribution in [0.25, 0.3) is 0 Å². The number of ether oxygens (including phenoxy) is 1. The fourth-order valence-electron chi connectivity index (χ4n) is 1.87. The predicted molar refractivity (Wildman–Crippen MR) is 81.5 cm³/mol.